The predicted molar refractivity (Wildman–Crippen MR) is 69.3 cm³/mol. The first kappa shape index (κ1) is 12.9. The van der Waals surface area contributed by atoms with Crippen molar-refractivity contribution < 1.29 is 9.66 Å². The Morgan fingerprint density at radius 3 is 2.58 bits per heavy atom. The lowest BCUT2D eigenvalue weighted by Gasteiger charge is -2.06. The van der Waals surface area contributed by atoms with E-state index in [9.17, 15) is 10.1 Å². The van der Waals surface area contributed by atoms with E-state index >= 15 is 0 Å². The number of nitrogens with zero attached hydrogens (tertiary/aromatic N) is 2. The maximum Gasteiger partial charge on any atom is 0.273 e. The highest BCUT2D eigenvalue weighted by molar-refractivity contribution is 6.31. The van der Waals surface area contributed by atoms with Crippen molar-refractivity contribution in [3.8, 4) is 17.6 Å². The van der Waals surface area contributed by atoms with Crippen molar-refractivity contribution in [3.05, 3.63) is 63.2 Å². The summed E-state index contributed by atoms with van der Waals surface area (Å²) in [7, 11) is 0. The molecule has 0 bridgehead atoms. The average molecular weight is 275 g/mol. The molecule has 19 heavy (non-hydrogen) atoms. The number of non-ortho nitro benzene ring substituents is 1. The first-order chi connectivity index (χ1) is 9.10. The topological polar surface area (TPSA) is 76.2 Å². The van der Waals surface area contributed by atoms with Gasteiger partial charge in [-0.25, -0.2) is 0 Å². The fourth-order valence-corrected chi connectivity index (χ4v) is 1.66. The van der Waals surface area contributed by atoms with Crippen LogP contribution in [0.1, 0.15) is 5.56 Å². The Morgan fingerprint density at radius 1 is 1.21 bits per heavy atom. The van der Waals surface area contributed by atoms with Crippen molar-refractivity contribution in [2.75, 3.05) is 0 Å². The Balaban J connectivity index is 2.26. The van der Waals surface area contributed by atoms with Crippen LogP contribution < -0.4 is 4.74 Å². The molecular weight excluding hydrogens is 268 g/mol. The summed E-state index contributed by atoms with van der Waals surface area (Å²) in [6.45, 7) is 0. The molecule has 2 aromatic carbocycles. The number of benzene rings is 2. The number of hydrogen-bond donors (Lipinski definition) is 0. The standard InChI is InChI=1S/C13H7ClN2O3/c14-13-7-12(5-4-9(13)8-15)19-11-3-1-2-10(6-11)16(17)18/h1-7H. The van der Waals surface area contributed by atoms with E-state index < -0.39 is 4.92 Å². The van der Waals surface area contributed by atoms with Gasteiger partial charge in [0.1, 0.15) is 17.6 Å². The Hall–Kier alpha value is -2.58. The zero-order chi connectivity index (χ0) is 13.8. The van der Waals surface area contributed by atoms with E-state index in [1.165, 1.54) is 30.3 Å². The molecule has 0 saturated carbocycles. The van der Waals surface area contributed by atoms with Crippen LogP contribution in [0.4, 0.5) is 5.69 Å². The molecule has 0 unspecified atom stereocenters. The molecule has 0 spiro atoms. The van der Waals surface area contributed by atoms with Crippen LogP contribution in [0.25, 0.3) is 0 Å². The molecule has 0 atom stereocenters. The van der Waals surface area contributed by atoms with Crippen LogP contribution in [-0.2, 0) is 0 Å². The van der Waals surface area contributed by atoms with E-state index in [1.807, 2.05) is 6.07 Å². The highest BCUT2D eigenvalue weighted by atomic mass is 35.5. The number of nitriles is 1. The van der Waals surface area contributed by atoms with E-state index in [0.29, 0.717) is 17.1 Å². The van der Waals surface area contributed by atoms with Crippen molar-refractivity contribution in [1.29, 1.82) is 5.26 Å². The first-order valence-corrected chi connectivity index (χ1v) is 5.60. The van der Waals surface area contributed by atoms with Crippen molar-refractivity contribution >= 4 is 17.3 Å². The number of hydrogen-bond acceptors (Lipinski definition) is 4. The van der Waals surface area contributed by atoms with Crippen LogP contribution in [0.15, 0.2) is 42.5 Å². The van der Waals surface area contributed by atoms with E-state index in [4.69, 9.17) is 21.6 Å². The molecule has 2 rings (SSSR count). The average Bonchev–Trinajstić information content (AvgIpc) is 2.39. The molecule has 0 fully saturated rings. The van der Waals surface area contributed by atoms with Gasteiger partial charge in [-0.15, -0.1) is 0 Å². The third kappa shape index (κ3) is 3.00. The molecule has 0 saturated heterocycles. The van der Waals surface area contributed by atoms with Crippen LogP contribution in [0.5, 0.6) is 11.5 Å². The molecule has 0 aromatic heterocycles. The first-order valence-electron chi connectivity index (χ1n) is 5.22. The number of ether oxygens (including phenoxy) is 1. The van der Waals surface area contributed by atoms with Gasteiger partial charge in [0.05, 0.1) is 21.6 Å². The molecular formula is C13H7ClN2O3. The normalized spacial score (nSPS) is 9.68. The third-order valence-electron chi connectivity index (χ3n) is 2.33. The van der Waals surface area contributed by atoms with Crippen molar-refractivity contribution in [2.24, 2.45) is 0 Å². The van der Waals surface area contributed by atoms with E-state index in [0.717, 1.165) is 0 Å². The Labute approximate surface area is 113 Å². The molecule has 6 heteroatoms. The maximum atomic E-state index is 10.6. The molecule has 0 N–H and O–H groups in total. The monoisotopic (exact) mass is 274 g/mol. The Kier molecular flexibility index (Phi) is 3.64. The second kappa shape index (κ2) is 5.38. The fraction of sp³-hybridized carbons (Fsp3) is 0. The van der Waals surface area contributed by atoms with Crippen molar-refractivity contribution in [3.63, 3.8) is 0 Å². The number of halogens is 1. The van der Waals surface area contributed by atoms with E-state index in [1.54, 1.807) is 12.1 Å². The van der Waals surface area contributed by atoms with Crippen LogP contribution in [0.3, 0.4) is 0 Å². The lowest BCUT2D eigenvalue weighted by atomic mass is 10.2. The Bertz CT molecular complexity index is 680. The minimum Gasteiger partial charge on any atom is -0.457 e. The summed E-state index contributed by atoms with van der Waals surface area (Å²) in [6.07, 6.45) is 0. The minimum absolute atomic E-state index is 0.0581. The SMILES string of the molecule is N#Cc1ccc(Oc2cccc([N+](=O)[O-])c2)cc1Cl. The van der Waals surface area contributed by atoms with E-state index in [2.05, 4.69) is 0 Å². The molecule has 0 amide bonds. The molecule has 0 heterocycles. The predicted octanol–water partition coefficient (Wildman–Crippen LogP) is 3.91. The smallest absolute Gasteiger partial charge is 0.273 e. The minimum atomic E-state index is -0.501. The molecule has 2 aromatic rings. The van der Waals surface area contributed by atoms with Gasteiger partial charge in [-0.3, -0.25) is 10.1 Å². The number of nitro benzene ring substituents is 1. The summed E-state index contributed by atoms with van der Waals surface area (Å²) in [5, 5.41) is 19.7. The zero-order valence-electron chi connectivity index (χ0n) is 9.54. The highest BCUT2D eigenvalue weighted by Gasteiger charge is 2.08. The molecule has 0 aliphatic heterocycles. The molecule has 5 nitrogen and oxygen atoms in total. The lowest BCUT2D eigenvalue weighted by molar-refractivity contribution is -0.384. The van der Waals surface area contributed by atoms with Gasteiger partial charge in [0.2, 0.25) is 0 Å². The summed E-state index contributed by atoms with van der Waals surface area (Å²) >= 11 is 5.87. The van der Waals surface area contributed by atoms with Gasteiger partial charge in [-0.1, -0.05) is 17.7 Å². The van der Waals surface area contributed by atoms with Gasteiger partial charge in [0.15, 0.2) is 0 Å². The quantitative estimate of drug-likeness (QED) is 0.628. The fourth-order valence-electron chi connectivity index (χ4n) is 1.45. The summed E-state index contributed by atoms with van der Waals surface area (Å²) in [4.78, 5) is 10.1. The molecule has 0 radical (unpaired) electrons. The van der Waals surface area contributed by atoms with Crippen molar-refractivity contribution in [1.82, 2.24) is 0 Å². The van der Waals surface area contributed by atoms with Gasteiger partial charge >= 0.3 is 0 Å². The van der Waals surface area contributed by atoms with E-state index in [-0.39, 0.29) is 10.7 Å². The van der Waals surface area contributed by atoms with Gasteiger partial charge < -0.3 is 4.74 Å². The lowest BCUT2D eigenvalue weighted by Crippen LogP contribution is -1.89. The molecule has 0 aliphatic rings. The number of rotatable bonds is 3. The van der Waals surface area contributed by atoms with Gasteiger partial charge in [-0.05, 0) is 18.2 Å². The van der Waals surface area contributed by atoms with Crippen LogP contribution >= 0.6 is 11.6 Å². The largest absolute Gasteiger partial charge is 0.457 e. The second-order valence-electron chi connectivity index (χ2n) is 3.61. The maximum absolute atomic E-state index is 10.6. The summed E-state index contributed by atoms with van der Waals surface area (Å²) < 4.78 is 5.45. The summed E-state index contributed by atoms with van der Waals surface area (Å²) in [5.74, 6) is 0.736. The van der Waals surface area contributed by atoms with Crippen LogP contribution in [0.2, 0.25) is 5.02 Å². The third-order valence-corrected chi connectivity index (χ3v) is 2.64. The summed E-state index contributed by atoms with van der Waals surface area (Å²) in [5.41, 5.74) is 0.283. The van der Waals surface area contributed by atoms with Gasteiger partial charge in [0, 0.05) is 12.1 Å². The highest BCUT2D eigenvalue weighted by Crippen LogP contribution is 2.28. The Morgan fingerprint density at radius 2 is 1.95 bits per heavy atom. The number of nitro groups is 1. The van der Waals surface area contributed by atoms with Gasteiger partial charge in [-0.2, -0.15) is 5.26 Å². The zero-order valence-corrected chi connectivity index (χ0v) is 10.3. The van der Waals surface area contributed by atoms with Crippen LogP contribution in [-0.4, -0.2) is 4.92 Å². The van der Waals surface area contributed by atoms with Crippen molar-refractivity contribution in [2.45, 2.75) is 0 Å². The molecule has 0 aliphatic carbocycles. The summed E-state index contributed by atoms with van der Waals surface area (Å²) in [6, 6.07) is 12.3. The van der Waals surface area contributed by atoms with Gasteiger partial charge in [0.25, 0.3) is 5.69 Å². The second-order valence-corrected chi connectivity index (χ2v) is 4.02. The van der Waals surface area contributed by atoms with Crippen LogP contribution in [0, 0.1) is 21.4 Å². The molecule has 94 valence electrons.